The van der Waals surface area contributed by atoms with Crippen LogP contribution in [0, 0.1) is 6.92 Å². The zero-order chi connectivity index (χ0) is 23.2. The number of nitrogens with one attached hydrogen (secondary N) is 1. The molecule has 5 heterocycles. The van der Waals surface area contributed by atoms with Crippen molar-refractivity contribution in [2.45, 2.75) is 70.9 Å². The van der Waals surface area contributed by atoms with Crippen LogP contribution in [0.2, 0.25) is 0 Å². The van der Waals surface area contributed by atoms with Crippen molar-refractivity contribution in [1.29, 1.82) is 0 Å². The first-order chi connectivity index (χ1) is 16.6. The smallest absolute Gasteiger partial charge is 0.158 e. The summed E-state index contributed by atoms with van der Waals surface area (Å²) in [7, 11) is 0. The van der Waals surface area contributed by atoms with Crippen LogP contribution in [-0.4, -0.2) is 56.3 Å². The molecule has 0 saturated carbocycles. The molecule has 2 aliphatic rings. The molecule has 6 heteroatoms. The maximum Gasteiger partial charge on any atom is 0.158 e. The van der Waals surface area contributed by atoms with Crippen molar-refractivity contribution < 1.29 is 4.74 Å². The highest BCUT2D eigenvalue weighted by molar-refractivity contribution is 5.92. The average molecular weight is 458 g/mol. The third-order valence-corrected chi connectivity index (χ3v) is 7.88. The molecule has 0 radical (unpaired) electrons. The molecule has 3 aromatic heterocycles. The number of fused-ring (bicyclic) bond motifs is 2. The van der Waals surface area contributed by atoms with Gasteiger partial charge in [0.1, 0.15) is 6.33 Å². The van der Waals surface area contributed by atoms with Crippen molar-refractivity contribution in [3.63, 3.8) is 0 Å². The molecule has 2 saturated heterocycles. The maximum absolute atomic E-state index is 5.62. The number of nitrogens with zero attached hydrogens (tertiary/aromatic N) is 4. The summed E-state index contributed by atoms with van der Waals surface area (Å²) in [6, 6.07) is 10.6. The Hall–Kier alpha value is -2.70. The predicted octanol–water partition coefficient (Wildman–Crippen LogP) is 5.50. The molecule has 0 bridgehead atoms. The van der Waals surface area contributed by atoms with Gasteiger partial charge in [0.05, 0.1) is 5.69 Å². The van der Waals surface area contributed by atoms with Crippen LogP contribution in [0.1, 0.15) is 62.1 Å². The van der Waals surface area contributed by atoms with Crippen LogP contribution in [0.4, 0.5) is 0 Å². The van der Waals surface area contributed by atoms with Crippen molar-refractivity contribution in [2.75, 3.05) is 19.8 Å². The second kappa shape index (κ2) is 8.82. The SMILES string of the molecule is Cc1cc(-c2[nH]c3ccc(CC4CCCN4C4CCOCC4)cc3c2C(C)C)cn2ncnc12. The van der Waals surface area contributed by atoms with Crippen molar-refractivity contribution in [2.24, 2.45) is 0 Å². The first-order valence-electron chi connectivity index (χ1n) is 12.9. The van der Waals surface area contributed by atoms with Crippen LogP contribution in [0.5, 0.6) is 0 Å². The van der Waals surface area contributed by atoms with E-state index in [1.165, 1.54) is 65.5 Å². The largest absolute Gasteiger partial charge is 0.381 e. The van der Waals surface area contributed by atoms with Crippen LogP contribution >= 0.6 is 0 Å². The second-order valence-corrected chi connectivity index (χ2v) is 10.5. The molecule has 0 spiro atoms. The van der Waals surface area contributed by atoms with E-state index in [1.807, 2.05) is 4.52 Å². The molecule has 4 aromatic rings. The van der Waals surface area contributed by atoms with Crippen molar-refractivity contribution in [3.05, 3.63) is 53.5 Å². The molecule has 1 aromatic carbocycles. The van der Waals surface area contributed by atoms with E-state index in [2.05, 4.69) is 71.2 Å². The number of hydrogen-bond donors (Lipinski definition) is 1. The zero-order valence-electron chi connectivity index (χ0n) is 20.6. The Morgan fingerprint density at radius 2 is 2.00 bits per heavy atom. The number of likely N-dealkylation sites (tertiary alicyclic amines) is 1. The number of aromatic amines is 1. The first kappa shape index (κ1) is 21.8. The fraction of sp³-hybridized carbons (Fsp3) is 0.500. The lowest BCUT2D eigenvalue weighted by Crippen LogP contribution is -2.43. The number of H-pyrrole nitrogens is 1. The maximum atomic E-state index is 5.62. The fourth-order valence-electron chi connectivity index (χ4n) is 6.29. The third kappa shape index (κ3) is 3.83. The molecule has 2 fully saturated rings. The summed E-state index contributed by atoms with van der Waals surface area (Å²) in [4.78, 5) is 10.9. The van der Waals surface area contributed by atoms with E-state index >= 15 is 0 Å². The normalized spacial score (nSPS) is 20.3. The third-order valence-electron chi connectivity index (χ3n) is 7.88. The Balaban J connectivity index is 1.35. The second-order valence-electron chi connectivity index (χ2n) is 10.5. The van der Waals surface area contributed by atoms with Gasteiger partial charge in [-0.05, 0) is 86.4 Å². The Bertz CT molecular complexity index is 1310. The summed E-state index contributed by atoms with van der Waals surface area (Å²) in [5.74, 6) is 0.413. The van der Waals surface area contributed by atoms with Crippen LogP contribution in [0.3, 0.4) is 0 Å². The van der Waals surface area contributed by atoms with Gasteiger partial charge < -0.3 is 9.72 Å². The lowest BCUT2D eigenvalue weighted by atomic mass is 9.94. The van der Waals surface area contributed by atoms with E-state index in [1.54, 1.807) is 6.33 Å². The zero-order valence-corrected chi connectivity index (χ0v) is 20.6. The van der Waals surface area contributed by atoms with Crippen molar-refractivity contribution in [1.82, 2.24) is 24.5 Å². The molecule has 0 aliphatic carbocycles. The molecule has 1 unspecified atom stereocenters. The van der Waals surface area contributed by atoms with Crippen molar-refractivity contribution >= 4 is 16.6 Å². The van der Waals surface area contributed by atoms with Gasteiger partial charge in [-0.3, -0.25) is 4.90 Å². The topological polar surface area (TPSA) is 58.5 Å². The van der Waals surface area contributed by atoms with E-state index in [-0.39, 0.29) is 0 Å². The highest BCUT2D eigenvalue weighted by atomic mass is 16.5. The van der Waals surface area contributed by atoms with Gasteiger partial charge in [0, 0.05) is 48.0 Å². The highest BCUT2D eigenvalue weighted by Crippen LogP contribution is 2.37. The van der Waals surface area contributed by atoms with Gasteiger partial charge in [-0.15, -0.1) is 0 Å². The summed E-state index contributed by atoms with van der Waals surface area (Å²) in [5.41, 5.74) is 8.48. The van der Waals surface area contributed by atoms with E-state index < -0.39 is 0 Å². The minimum Gasteiger partial charge on any atom is -0.381 e. The number of benzene rings is 1. The predicted molar refractivity (Wildman–Crippen MR) is 136 cm³/mol. The Kier molecular flexibility index (Phi) is 5.66. The molecule has 6 nitrogen and oxygen atoms in total. The number of hydrogen-bond acceptors (Lipinski definition) is 4. The van der Waals surface area contributed by atoms with Crippen molar-refractivity contribution in [3.8, 4) is 11.3 Å². The van der Waals surface area contributed by atoms with Gasteiger partial charge in [0.15, 0.2) is 5.65 Å². The number of rotatable bonds is 5. The van der Waals surface area contributed by atoms with E-state index in [0.29, 0.717) is 18.0 Å². The summed E-state index contributed by atoms with van der Waals surface area (Å²) in [6.07, 6.45) is 9.85. The minimum absolute atomic E-state index is 0.413. The molecular weight excluding hydrogens is 422 g/mol. The lowest BCUT2D eigenvalue weighted by molar-refractivity contribution is 0.0294. The van der Waals surface area contributed by atoms with Crippen LogP contribution in [0.15, 0.2) is 36.8 Å². The summed E-state index contributed by atoms with van der Waals surface area (Å²) in [6.45, 7) is 9.78. The van der Waals surface area contributed by atoms with E-state index in [4.69, 9.17) is 4.74 Å². The highest BCUT2D eigenvalue weighted by Gasteiger charge is 2.31. The molecule has 34 heavy (non-hydrogen) atoms. The minimum atomic E-state index is 0.413. The molecular formula is C28H35N5O. The van der Waals surface area contributed by atoms with Gasteiger partial charge in [-0.25, -0.2) is 9.50 Å². The monoisotopic (exact) mass is 457 g/mol. The summed E-state index contributed by atoms with van der Waals surface area (Å²) >= 11 is 0. The van der Waals surface area contributed by atoms with Gasteiger partial charge in [-0.1, -0.05) is 19.9 Å². The van der Waals surface area contributed by atoms with Crippen LogP contribution < -0.4 is 0 Å². The Morgan fingerprint density at radius 1 is 1.15 bits per heavy atom. The molecule has 178 valence electrons. The average Bonchev–Trinajstić information content (AvgIpc) is 3.57. The Morgan fingerprint density at radius 3 is 2.82 bits per heavy atom. The van der Waals surface area contributed by atoms with Gasteiger partial charge in [0.2, 0.25) is 0 Å². The summed E-state index contributed by atoms with van der Waals surface area (Å²) < 4.78 is 7.51. The van der Waals surface area contributed by atoms with Gasteiger partial charge >= 0.3 is 0 Å². The standard InChI is InChI=1S/C28H35N5O/c1-18(2)26-24-15-20(14-23-5-4-10-32(23)22-8-11-34-12-9-22)6-7-25(24)31-27(26)21-13-19(3)28-29-17-30-33(28)16-21/h6-7,13,15-18,22-23,31H,4-5,8-12,14H2,1-3H3. The quantitative estimate of drug-likeness (QED) is 0.430. The lowest BCUT2D eigenvalue weighted by Gasteiger charge is -2.35. The fourth-order valence-corrected chi connectivity index (χ4v) is 6.29. The van der Waals surface area contributed by atoms with E-state index in [9.17, 15) is 0 Å². The summed E-state index contributed by atoms with van der Waals surface area (Å²) in [5, 5.41) is 5.75. The Labute approximate surface area is 201 Å². The number of aromatic nitrogens is 4. The number of pyridine rings is 1. The molecule has 0 amide bonds. The van der Waals surface area contributed by atoms with Gasteiger partial charge in [0.25, 0.3) is 0 Å². The van der Waals surface area contributed by atoms with Crippen LogP contribution in [0.25, 0.3) is 27.8 Å². The van der Waals surface area contributed by atoms with Crippen LogP contribution in [-0.2, 0) is 11.2 Å². The first-order valence-corrected chi connectivity index (χ1v) is 12.9. The number of ether oxygens (including phenoxy) is 1. The molecule has 2 aliphatic heterocycles. The molecule has 1 atom stereocenters. The van der Waals surface area contributed by atoms with Gasteiger partial charge in [-0.2, -0.15) is 5.10 Å². The number of aryl methyl sites for hydroxylation is 1. The van der Waals surface area contributed by atoms with E-state index in [0.717, 1.165) is 30.8 Å². The molecule has 6 rings (SSSR count). The molecule has 1 N–H and O–H groups in total.